The number of nitrogens with one attached hydrogen (secondary N) is 1. The van der Waals surface area contributed by atoms with Gasteiger partial charge in [0.1, 0.15) is 11.4 Å². The average Bonchev–Trinajstić information content (AvgIpc) is 3.06. The van der Waals surface area contributed by atoms with Crippen LogP contribution in [0.15, 0.2) is 37.1 Å². The summed E-state index contributed by atoms with van der Waals surface area (Å²) >= 11 is 0. The molecule has 0 saturated carbocycles. The Kier molecular flexibility index (Phi) is 4.75. The van der Waals surface area contributed by atoms with Crippen molar-refractivity contribution in [3.63, 3.8) is 0 Å². The highest BCUT2D eigenvalue weighted by Crippen LogP contribution is 2.28. The summed E-state index contributed by atoms with van der Waals surface area (Å²) in [7, 11) is 3.08. The molecule has 3 rings (SSSR count). The van der Waals surface area contributed by atoms with Gasteiger partial charge in [0.2, 0.25) is 5.88 Å². The molecule has 1 N–H and O–H groups in total. The Hall–Kier alpha value is -3.50. The molecule has 0 aliphatic heterocycles. The maximum absolute atomic E-state index is 12.6. The Balaban J connectivity index is 1.88. The molecule has 0 fully saturated rings. The molecular formula is C16H13F3N6O2. The van der Waals surface area contributed by atoms with Crippen molar-refractivity contribution in [3.05, 3.63) is 48.4 Å². The molecule has 0 radical (unpaired) electrons. The number of carbonyl (C=O) groups is 1. The summed E-state index contributed by atoms with van der Waals surface area (Å²) in [5, 5.41) is 2.43. The van der Waals surface area contributed by atoms with Crippen LogP contribution in [-0.2, 0) is 13.2 Å². The molecule has 0 aromatic carbocycles. The Labute approximate surface area is 151 Å². The molecule has 1 amide bonds. The van der Waals surface area contributed by atoms with Crippen LogP contribution in [0.1, 0.15) is 16.2 Å². The van der Waals surface area contributed by atoms with E-state index in [2.05, 4.69) is 25.3 Å². The number of halogens is 3. The van der Waals surface area contributed by atoms with E-state index in [-0.39, 0.29) is 17.3 Å². The van der Waals surface area contributed by atoms with Gasteiger partial charge in [-0.3, -0.25) is 4.79 Å². The van der Waals surface area contributed by atoms with Gasteiger partial charge in [0.05, 0.1) is 43.4 Å². The second-order valence-corrected chi connectivity index (χ2v) is 5.39. The number of rotatable bonds is 4. The van der Waals surface area contributed by atoms with E-state index in [4.69, 9.17) is 4.74 Å². The Morgan fingerprint density at radius 1 is 1.19 bits per heavy atom. The van der Waals surface area contributed by atoms with Crippen molar-refractivity contribution in [3.8, 4) is 17.3 Å². The van der Waals surface area contributed by atoms with E-state index in [1.54, 1.807) is 24.1 Å². The summed E-state index contributed by atoms with van der Waals surface area (Å²) in [5.74, 6) is -0.733. The molecular weight excluding hydrogens is 365 g/mol. The maximum Gasteiger partial charge on any atom is 0.433 e. The third-order valence-corrected chi connectivity index (χ3v) is 3.54. The second-order valence-electron chi connectivity index (χ2n) is 5.39. The average molecular weight is 378 g/mol. The van der Waals surface area contributed by atoms with Gasteiger partial charge in [-0.25, -0.2) is 19.9 Å². The largest absolute Gasteiger partial charge is 0.479 e. The van der Waals surface area contributed by atoms with Gasteiger partial charge in [-0.15, -0.1) is 0 Å². The molecule has 0 unspecified atom stereocenters. The molecule has 0 atom stereocenters. The van der Waals surface area contributed by atoms with Crippen LogP contribution in [-0.4, -0.2) is 37.5 Å². The molecule has 0 bridgehead atoms. The quantitative estimate of drug-likeness (QED) is 0.750. The van der Waals surface area contributed by atoms with E-state index in [1.165, 1.54) is 13.3 Å². The molecule has 11 heteroatoms. The fraction of sp³-hybridized carbons (Fsp3) is 0.188. The number of methoxy groups -OCH3 is 1. The highest BCUT2D eigenvalue weighted by Gasteiger charge is 2.32. The summed E-state index contributed by atoms with van der Waals surface area (Å²) in [6.07, 6.45) is 0.888. The van der Waals surface area contributed by atoms with Crippen LogP contribution >= 0.6 is 0 Å². The lowest BCUT2D eigenvalue weighted by atomic mass is 10.3. The molecule has 3 aromatic rings. The predicted molar refractivity (Wildman–Crippen MR) is 88.0 cm³/mol. The molecule has 140 valence electrons. The van der Waals surface area contributed by atoms with Gasteiger partial charge in [0.25, 0.3) is 5.91 Å². The number of aryl methyl sites for hydroxylation is 1. The fourth-order valence-corrected chi connectivity index (χ4v) is 2.23. The Morgan fingerprint density at radius 3 is 2.52 bits per heavy atom. The summed E-state index contributed by atoms with van der Waals surface area (Å²) < 4.78 is 44.4. The van der Waals surface area contributed by atoms with Crippen molar-refractivity contribution in [2.45, 2.75) is 6.18 Å². The predicted octanol–water partition coefficient (Wildman–Crippen LogP) is 2.55. The monoisotopic (exact) mass is 378 g/mol. The van der Waals surface area contributed by atoms with Crippen molar-refractivity contribution in [1.82, 2.24) is 24.5 Å². The van der Waals surface area contributed by atoms with E-state index >= 15 is 0 Å². The number of hydrogen-bond acceptors (Lipinski definition) is 6. The van der Waals surface area contributed by atoms with E-state index in [9.17, 15) is 18.0 Å². The van der Waals surface area contributed by atoms with Crippen molar-refractivity contribution in [2.24, 2.45) is 7.05 Å². The first-order valence-electron chi connectivity index (χ1n) is 7.52. The molecule has 8 nitrogen and oxygen atoms in total. The van der Waals surface area contributed by atoms with E-state index in [0.717, 1.165) is 18.3 Å². The summed E-state index contributed by atoms with van der Waals surface area (Å²) in [6.45, 7) is 0. The minimum Gasteiger partial charge on any atom is -0.479 e. The lowest BCUT2D eigenvalue weighted by Gasteiger charge is -2.10. The summed E-state index contributed by atoms with van der Waals surface area (Å²) in [4.78, 5) is 28.1. The number of pyridine rings is 1. The number of aromatic nitrogens is 5. The number of alkyl halides is 3. The van der Waals surface area contributed by atoms with Gasteiger partial charge >= 0.3 is 6.18 Å². The SMILES string of the molecule is COc1ncc(-c2cncn2C)nc1C(=O)Nc1ccc(C(F)(F)F)nc1. The van der Waals surface area contributed by atoms with Crippen molar-refractivity contribution in [2.75, 3.05) is 12.4 Å². The lowest BCUT2D eigenvalue weighted by Crippen LogP contribution is -2.17. The van der Waals surface area contributed by atoms with Crippen LogP contribution in [0.5, 0.6) is 5.88 Å². The van der Waals surface area contributed by atoms with Gasteiger partial charge in [-0.05, 0) is 12.1 Å². The molecule has 0 aliphatic carbocycles. The van der Waals surface area contributed by atoms with Gasteiger partial charge < -0.3 is 14.6 Å². The van der Waals surface area contributed by atoms with Gasteiger partial charge in [0, 0.05) is 7.05 Å². The van der Waals surface area contributed by atoms with Crippen molar-refractivity contribution in [1.29, 1.82) is 0 Å². The maximum atomic E-state index is 12.6. The van der Waals surface area contributed by atoms with E-state index in [1.807, 2.05) is 0 Å². The first-order valence-corrected chi connectivity index (χ1v) is 7.52. The zero-order valence-corrected chi connectivity index (χ0v) is 14.2. The number of hydrogen-bond donors (Lipinski definition) is 1. The molecule has 3 heterocycles. The molecule has 0 spiro atoms. The van der Waals surface area contributed by atoms with E-state index < -0.39 is 17.8 Å². The zero-order valence-electron chi connectivity index (χ0n) is 14.2. The van der Waals surface area contributed by atoms with Crippen LogP contribution < -0.4 is 10.1 Å². The number of ether oxygens (including phenoxy) is 1. The standard InChI is InChI=1S/C16H13F3N6O2/c1-25-8-20-7-11(25)10-6-22-15(27-2)13(24-10)14(26)23-9-3-4-12(21-5-9)16(17,18)19/h3-8H,1-2H3,(H,23,26). The molecule has 27 heavy (non-hydrogen) atoms. The van der Waals surface area contributed by atoms with Crippen LogP contribution in [0.4, 0.5) is 18.9 Å². The second kappa shape index (κ2) is 7.02. The number of imidazole rings is 1. The summed E-state index contributed by atoms with van der Waals surface area (Å²) in [6, 6.07) is 1.86. The minimum absolute atomic E-state index is 0.0294. The molecule has 0 saturated heterocycles. The van der Waals surface area contributed by atoms with Gasteiger partial charge in [-0.1, -0.05) is 0 Å². The minimum atomic E-state index is -4.56. The van der Waals surface area contributed by atoms with E-state index in [0.29, 0.717) is 11.4 Å². The Bertz CT molecular complexity index is 969. The van der Waals surface area contributed by atoms with Gasteiger partial charge in [-0.2, -0.15) is 13.2 Å². The van der Waals surface area contributed by atoms with Crippen LogP contribution in [0.25, 0.3) is 11.4 Å². The van der Waals surface area contributed by atoms with Crippen LogP contribution in [0.2, 0.25) is 0 Å². The first kappa shape index (κ1) is 18.3. The highest BCUT2D eigenvalue weighted by atomic mass is 19.4. The summed E-state index contributed by atoms with van der Waals surface area (Å²) in [5.41, 5.74) is -0.114. The van der Waals surface area contributed by atoms with Gasteiger partial charge in [0.15, 0.2) is 5.69 Å². The Morgan fingerprint density at radius 2 is 1.96 bits per heavy atom. The number of anilines is 1. The zero-order chi connectivity index (χ0) is 19.6. The topological polar surface area (TPSA) is 94.8 Å². The first-order chi connectivity index (χ1) is 12.8. The van der Waals surface area contributed by atoms with Crippen molar-refractivity contribution >= 4 is 11.6 Å². The normalized spacial score (nSPS) is 11.3. The smallest absolute Gasteiger partial charge is 0.433 e. The number of carbonyl (C=O) groups excluding carboxylic acids is 1. The fourth-order valence-electron chi connectivity index (χ4n) is 2.23. The third kappa shape index (κ3) is 3.86. The highest BCUT2D eigenvalue weighted by molar-refractivity contribution is 6.04. The third-order valence-electron chi connectivity index (χ3n) is 3.54. The molecule has 0 aliphatic rings. The number of amides is 1. The van der Waals surface area contributed by atoms with Crippen LogP contribution in [0, 0.1) is 0 Å². The van der Waals surface area contributed by atoms with Crippen molar-refractivity contribution < 1.29 is 22.7 Å². The van der Waals surface area contributed by atoms with Crippen LogP contribution in [0.3, 0.4) is 0 Å². The molecule has 3 aromatic heterocycles. The number of nitrogens with zero attached hydrogens (tertiary/aromatic N) is 5. The lowest BCUT2D eigenvalue weighted by molar-refractivity contribution is -0.141.